The highest BCUT2D eigenvalue weighted by Gasteiger charge is 2.43. The van der Waals surface area contributed by atoms with Gasteiger partial charge in [0, 0.05) is 30.5 Å². The van der Waals surface area contributed by atoms with Crippen LogP contribution in [0.1, 0.15) is 11.1 Å². The Kier molecular flexibility index (Phi) is 4.28. The van der Waals surface area contributed by atoms with Crippen molar-refractivity contribution < 1.29 is 9.18 Å². The molecule has 0 spiro atoms. The van der Waals surface area contributed by atoms with Crippen molar-refractivity contribution in [2.75, 3.05) is 16.5 Å². The number of halogens is 2. The van der Waals surface area contributed by atoms with Gasteiger partial charge in [-0.15, -0.1) is 0 Å². The van der Waals surface area contributed by atoms with Crippen molar-refractivity contribution in [2.45, 2.75) is 6.54 Å². The van der Waals surface area contributed by atoms with Crippen molar-refractivity contribution in [3.8, 4) is 0 Å². The minimum atomic E-state index is -0.471. The third kappa shape index (κ3) is 3.06. The fourth-order valence-electron chi connectivity index (χ4n) is 3.85. The molecule has 3 aromatic rings. The van der Waals surface area contributed by atoms with Crippen molar-refractivity contribution in [1.82, 2.24) is 4.98 Å². The van der Waals surface area contributed by atoms with Crippen molar-refractivity contribution in [2.24, 2.45) is 11.0 Å². The predicted molar refractivity (Wildman–Crippen MR) is 111 cm³/mol. The summed E-state index contributed by atoms with van der Waals surface area (Å²) < 4.78 is 14.3. The first kappa shape index (κ1) is 17.8. The van der Waals surface area contributed by atoms with Crippen LogP contribution in [0, 0.1) is 11.7 Å². The van der Waals surface area contributed by atoms with Crippen LogP contribution in [0.4, 0.5) is 15.8 Å². The van der Waals surface area contributed by atoms with Gasteiger partial charge < -0.3 is 4.90 Å². The Morgan fingerprint density at radius 3 is 2.55 bits per heavy atom. The van der Waals surface area contributed by atoms with E-state index in [1.165, 1.54) is 11.1 Å². The normalized spacial score (nSPS) is 17.8. The van der Waals surface area contributed by atoms with E-state index in [1.54, 1.807) is 30.5 Å². The topological polar surface area (TPSA) is 48.8 Å². The van der Waals surface area contributed by atoms with Crippen molar-refractivity contribution in [3.63, 3.8) is 0 Å². The first-order valence-corrected chi connectivity index (χ1v) is 9.61. The van der Waals surface area contributed by atoms with E-state index in [0.717, 1.165) is 16.8 Å². The molecule has 0 saturated carbocycles. The lowest BCUT2D eigenvalue weighted by Gasteiger charge is -2.34. The highest BCUT2D eigenvalue weighted by Crippen LogP contribution is 2.37. The van der Waals surface area contributed by atoms with E-state index in [0.29, 0.717) is 24.0 Å². The Hall–Kier alpha value is -3.25. The number of hydrogen-bond donors (Lipinski definition) is 0. The lowest BCUT2D eigenvalue weighted by Crippen LogP contribution is -2.42. The number of hydrazone groups is 1. The van der Waals surface area contributed by atoms with Gasteiger partial charge in [-0.3, -0.25) is 4.79 Å². The molecular weight excluding hydrogens is 391 g/mol. The molecule has 5 rings (SSSR count). The second kappa shape index (κ2) is 6.97. The molecule has 29 heavy (non-hydrogen) atoms. The van der Waals surface area contributed by atoms with E-state index in [-0.39, 0.29) is 11.6 Å². The molecule has 0 fully saturated rings. The zero-order valence-electron chi connectivity index (χ0n) is 15.3. The Morgan fingerprint density at radius 2 is 1.79 bits per heavy atom. The summed E-state index contributed by atoms with van der Waals surface area (Å²) in [6.07, 6.45) is 1.73. The number of anilines is 2. The highest BCUT2D eigenvalue weighted by atomic mass is 35.5. The SMILES string of the molecule is O=C1C2CN(Cc3ccc(Cl)nc3)c3ccccc3C2=NN1c1ccccc1F. The molecule has 0 aliphatic carbocycles. The maximum absolute atomic E-state index is 14.3. The second-order valence-corrected chi connectivity index (χ2v) is 7.41. The van der Waals surface area contributed by atoms with E-state index in [4.69, 9.17) is 11.6 Å². The maximum Gasteiger partial charge on any atom is 0.258 e. The number of pyridine rings is 1. The first-order valence-electron chi connectivity index (χ1n) is 9.23. The number of amides is 1. The lowest BCUT2D eigenvalue weighted by atomic mass is 9.90. The number of nitrogens with zero attached hydrogens (tertiary/aromatic N) is 4. The van der Waals surface area contributed by atoms with Crippen LogP contribution in [0.2, 0.25) is 5.15 Å². The molecular formula is C22H16ClFN4O. The fourth-order valence-corrected chi connectivity index (χ4v) is 3.96. The van der Waals surface area contributed by atoms with Gasteiger partial charge >= 0.3 is 0 Å². The molecule has 144 valence electrons. The summed E-state index contributed by atoms with van der Waals surface area (Å²) in [5, 5.41) is 6.15. The summed E-state index contributed by atoms with van der Waals surface area (Å²) in [5.74, 6) is -1.15. The molecule has 2 aromatic carbocycles. The maximum atomic E-state index is 14.3. The minimum absolute atomic E-state index is 0.172. The standard InChI is InChI=1S/C22H16ClFN4O/c23-20-10-9-14(11-25-20)12-27-13-16-21(15-5-1-3-7-18(15)27)26-28(22(16)29)19-8-4-2-6-17(19)24/h1-11,16H,12-13H2. The summed E-state index contributed by atoms with van der Waals surface area (Å²) in [6, 6.07) is 17.7. The quantitative estimate of drug-likeness (QED) is 0.610. The summed E-state index contributed by atoms with van der Waals surface area (Å²) in [7, 11) is 0. The average Bonchev–Trinajstić information content (AvgIpc) is 3.07. The monoisotopic (exact) mass is 406 g/mol. The predicted octanol–water partition coefficient (Wildman–Crippen LogP) is 4.26. The third-order valence-corrected chi connectivity index (χ3v) is 5.43. The molecule has 5 nitrogen and oxygen atoms in total. The molecule has 0 radical (unpaired) electrons. The minimum Gasteiger partial charge on any atom is -0.365 e. The number of para-hydroxylation sites is 2. The van der Waals surface area contributed by atoms with E-state index in [9.17, 15) is 9.18 Å². The molecule has 3 heterocycles. The van der Waals surface area contributed by atoms with E-state index in [1.807, 2.05) is 30.3 Å². The van der Waals surface area contributed by atoms with Crippen LogP contribution in [-0.2, 0) is 11.3 Å². The molecule has 1 amide bonds. The molecule has 0 saturated heterocycles. The number of carbonyl (C=O) groups is 1. The van der Waals surface area contributed by atoms with Crippen LogP contribution in [0.5, 0.6) is 0 Å². The molecule has 1 atom stereocenters. The molecule has 2 aliphatic rings. The van der Waals surface area contributed by atoms with Crippen LogP contribution in [-0.4, -0.2) is 23.1 Å². The van der Waals surface area contributed by atoms with Crippen molar-refractivity contribution in [1.29, 1.82) is 0 Å². The number of hydrogen-bond acceptors (Lipinski definition) is 4. The largest absolute Gasteiger partial charge is 0.365 e. The molecule has 0 N–H and O–H groups in total. The molecule has 1 aromatic heterocycles. The average molecular weight is 407 g/mol. The Balaban J connectivity index is 1.53. The van der Waals surface area contributed by atoms with Crippen LogP contribution in [0.15, 0.2) is 72.0 Å². The lowest BCUT2D eigenvalue weighted by molar-refractivity contribution is -0.119. The number of benzene rings is 2. The van der Waals surface area contributed by atoms with Crippen LogP contribution in [0.25, 0.3) is 0 Å². The molecule has 7 heteroatoms. The van der Waals surface area contributed by atoms with E-state index in [2.05, 4.69) is 15.0 Å². The highest BCUT2D eigenvalue weighted by molar-refractivity contribution is 6.29. The van der Waals surface area contributed by atoms with Gasteiger partial charge in [-0.1, -0.05) is 48.0 Å². The molecule has 1 unspecified atom stereocenters. The fraction of sp³-hybridized carbons (Fsp3) is 0.136. The molecule has 2 aliphatic heterocycles. The van der Waals surface area contributed by atoms with Gasteiger partial charge in [-0.25, -0.2) is 9.37 Å². The zero-order valence-corrected chi connectivity index (χ0v) is 16.1. The summed E-state index contributed by atoms with van der Waals surface area (Å²) in [4.78, 5) is 19.4. The van der Waals surface area contributed by atoms with Crippen LogP contribution >= 0.6 is 11.6 Å². The van der Waals surface area contributed by atoms with E-state index < -0.39 is 11.7 Å². The molecule has 0 bridgehead atoms. The third-order valence-electron chi connectivity index (χ3n) is 5.21. The Labute approximate surface area is 172 Å². The smallest absolute Gasteiger partial charge is 0.258 e. The number of fused-ring (bicyclic) bond motifs is 3. The Morgan fingerprint density at radius 1 is 1.03 bits per heavy atom. The first-order chi connectivity index (χ1) is 14.1. The van der Waals surface area contributed by atoms with Crippen LogP contribution < -0.4 is 9.91 Å². The summed E-state index contributed by atoms with van der Waals surface area (Å²) in [6.45, 7) is 1.04. The van der Waals surface area contributed by atoms with Gasteiger partial charge in [-0.05, 0) is 29.8 Å². The van der Waals surface area contributed by atoms with Crippen molar-refractivity contribution >= 4 is 34.6 Å². The van der Waals surface area contributed by atoms with Gasteiger partial charge in [0.2, 0.25) is 0 Å². The van der Waals surface area contributed by atoms with Gasteiger partial charge in [-0.2, -0.15) is 10.1 Å². The van der Waals surface area contributed by atoms with Gasteiger partial charge in [0.15, 0.2) is 0 Å². The van der Waals surface area contributed by atoms with Gasteiger partial charge in [0.25, 0.3) is 5.91 Å². The van der Waals surface area contributed by atoms with Gasteiger partial charge in [0.1, 0.15) is 22.6 Å². The summed E-state index contributed by atoms with van der Waals surface area (Å²) in [5.41, 5.74) is 3.71. The number of carbonyl (C=O) groups excluding carboxylic acids is 1. The van der Waals surface area contributed by atoms with Crippen LogP contribution in [0.3, 0.4) is 0 Å². The second-order valence-electron chi connectivity index (χ2n) is 7.03. The zero-order chi connectivity index (χ0) is 20.0. The number of rotatable bonds is 3. The van der Waals surface area contributed by atoms with Gasteiger partial charge in [0.05, 0.1) is 5.71 Å². The number of aromatic nitrogens is 1. The summed E-state index contributed by atoms with van der Waals surface area (Å²) >= 11 is 5.89. The van der Waals surface area contributed by atoms with E-state index >= 15 is 0 Å². The Bertz CT molecular complexity index is 1130. The van der Waals surface area contributed by atoms with Crippen molar-refractivity contribution in [3.05, 3.63) is 89.0 Å².